The molecule has 0 spiro atoms. The summed E-state index contributed by atoms with van der Waals surface area (Å²) in [5, 5.41) is 0.831. The van der Waals surface area contributed by atoms with Gasteiger partial charge in [0.05, 0.1) is 16.8 Å². The Hall–Kier alpha value is -2.40. The van der Waals surface area contributed by atoms with Crippen LogP contribution in [0.3, 0.4) is 0 Å². The summed E-state index contributed by atoms with van der Waals surface area (Å²) in [4.78, 5) is 16.3. The number of carbonyl (C=O) groups excluding carboxylic acids is 1. The quantitative estimate of drug-likeness (QED) is 0.426. The molecule has 0 bridgehead atoms. The molecule has 3 rings (SSSR count). The van der Waals surface area contributed by atoms with Gasteiger partial charge < -0.3 is 9.47 Å². The van der Waals surface area contributed by atoms with Crippen LogP contribution in [-0.2, 0) is 16.1 Å². The highest BCUT2D eigenvalue weighted by Gasteiger charge is 2.07. The van der Waals surface area contributed by atoms with Crippen LogP contribution in [0, 0.1) is 6.92 Å². The minimum absolute atomic E-state index is 0.185. The minimum Gasteiger partial charge on any atom is -0.494 e. The lowest BCUT2D eigenvalue weighted by Crippen LogP contribution is -2.05. The standard InChI is InChI=1S/C20H21NO3S/c1-15-7-6-8-16(13-15)23-12-5-4-11-20(22)24-14-19-21-17-9-2-3-10-18(17)25-19/h2-3,6-10,13H,4-5,11-12,14H2,1H3. The molecule has 3 aromatic rings. The first-order valence-electron chi connectivity index (χ1n) is 8.40. The SMILES string of the molecule is Cc1cccc(OCCCCC(=O)OCc2nc3ccccc3s2)c1. The second kappa shape index (κ2) is 8.62. The Balaban J connectivity index is 1.33. The Morgan fingerprint density at radius 3 is 2.84 bits per heavy atom. The van der Waals surface area contributed by atoms with Gasteiger partial charge in [-0.1, -0.05) is 24.3 Å². The summed E-state index contributed by atoms with van der Waals surface area (Å²) in [6, 6.07) is 15.9. The van der Waals surface area contributed by atoms with Crippen LogP contribution < -0.4 is 4.74 Å². The van der Waals surface area contributed by atoms with Gasteiger partial charge in [-0.05, 0) is 49.6 Å². The van der Waals surface area contributed by atoms with E-state index in [1.165, 1.54) is 5.56 Å². The van der Waals surface area contributed by atoms with Crippen LogP contribution in [0.1, 0.15) is 29.8 Å². The lowest BCUT2D eigenvalue weighted by molar-refractivity contribution is -0.145. The molecule has 1 heterocycles. The summed E-state index contributed by atoms with van der Waals surface area (Å²) in [5.41, 5.74) is 2.13. The predicted octanol–water partition coefficient (Wildman–Crippen LogP) is 4.90. The van der Waals surface area contributed by atoms with Gasteiger partial charge in [0.15, 0.2) is 0 Å². The summed E-state index contributed by atoms with van der Waals surface area (Å²) in [6.07, 6.45) is 1.98. The number of esters is 1. The van der Waals surface area contributed by atoms with Crippen molar-refractivity contribution in [1.82, 2.24) is 4.98 Å². The first kappa shape index (κ1) is 17.4. The van der Waals surface area contributed by atoms with Gasteiger partial charge in [-0.3, -0.25) is 4.79 Å². The van der Waals surface area contributed by atoms with Crippen LogP contribution in [0.4, 0.5) is 0 Å². The first-order chi connectivity index (χ1) is 12.2. The van der Waals surface area contributed by atoms with Crippen molar-refractivity contribution < 1.29 is 14.3 Å². The summed E-state index contributed by atoms with van der Waals surface area (Å²) in [5.74, 6) is 0.688. The molecule has 0 fully saturated rings. The lowest BCUT2D eigenvalue weighted by Gasteiger charge is -2.06. The molecule has 2 aromatic carbocycles. The predicted molar refractivity (Wildman–Crippen MR) is 99.9 cm³/mol. The van der Waals surface area contributed by atoms with Crippen LogP contribution in [0.25, 0.3) is 10.2 Å². The Morgan fingerprint density at radius 1 is 1.12 bits per heavy atom. The summed E-state index contributed by atoms with van der Waals surface area (Å²) in [7, 11) is 0. The summed E-state index contributed by atoms with van der Waals surface area (Å²) < 4.78 is 12.1. The number of hydrogen-bond donors (Lipinski definition) is 0. The highest BCUT2D eigenvalue weighted by Crippen LogP contribution is 2.22. The summed E-state index contributed by atoms with van der Waals surface area (Å²) >= 11 is 1.56. The second-order valence-electron chi connectivity index (χ2n) is 5.86. The van der Waals surface area contributed by atoms with Crippen molar-refractivity contribution in [2.45, 2.75) is 32.8 Å². The average Bonchev–Trinajstić information content (AvgIpc) is 3.03. The zero-order valence-electron chi connectivity index (χ0n) is 14.2. The molecule has 0 unspecified atom stereocenters. The van der Waals surface area contributed by atoms with Crippen molar-refractivity contribution in [3.63, 3.8) is 0 Å². The Bertz CT molecular complexity index is 811. The van der Waals surface area contributed by atoms with Crippen LogP contribution in [-0.4, -0.2) is 17.6 Å². The van der Waals surface area contributed by atoms with E-state index >= 15 is 0 Å². The Labute approximate surface area is 151 Å². The summed E-state index contributed by atoms with van der Waals surface area (Å²) in [6.45, 7) is 2.89. The Morgan fingerprint density at radius 2 is 2.00 bits per heavy atom. The van der Waals surface area contributed by atoms with E-state index in [4.69, 9.17) is 9.47 Å². The van der Waals surface area contributed by atoms with E-state index in [2.05, 4.69) is 4.98 Å². The normalized spacial score (nSPS) is 10.8. The average molecular weight is 355 g/mol. The molecule has 0 saturated heterocycles. The van der Waals surface area contributed by atoms with Crippen molar-refractivity contribution in [2.24, 2.45) is 0 Å². The van der Waals surface area contributed by atoms with E-state index in [9.17, 15) is 4.79 Å². The van der Waals surface area contributed by atoms with Crippen LogP contribution in [0.15, 0.2) is 48.5 Å². The van der Waals surface area contributed by atoms with Gasteiger partial charge in [0.25, 0.3) is 0 Å². The maximum Gasteiger partial charge on any atom is 0.306 e. The molecule has 0 aliphatic carbocycles. The van der Waals surface area contributed by atoms with Gasteiger partial charge in [-0.25, -0.2) is 4.98 Å². The maximum atomic E-state index is 11.8. The number of para-hydroxylation sites is 1. The third-order valence-corrected chi connectivity index (χ3v) is 4.74. The molecule has 4 nitrogen and oxygen atoms in total. The molecule has 0 amide bonds. The molecule has 0 radical (unpaired) electrons. The molecule has 1 aromatic heterocycles. The first-order valence-corrected chi connectivity index (χ1v) is 9.22. The zero-order valence-corrected chi connectivity index (χ0v) is 15.1. The number of carbonyl (C=O) groups is 1. The van der Waals surface area contributed by atoms with E-state index in [0.29, 0.717) is 13.0 Å². The van der Waals surface area contributed by atoms with E-state index in [1.54, 1.807) is 11.3 Å². The number of ether oxygens (including phenoxy) is 2. The molecule has 0 saturated carbocycles. The highest BCUT2D eigenvalue weighted by atomic mass is 32.1. The molecular formula is C20H21NO3S. The number of hydrogen-bond acceptors (Lipinski definition) is 5. The van der Waals surface area contributed by atoms with Crippen molar-refractivity contribution in [1.29, 1.82) is 0 Å². The van der Waals surface area contributed by atoms with E-state index in [-0.39, 0.29) is 12.6 Å². The number of aromatic nitrogens is 1. The lowest BCUT2D eigenvalue weighted by atomic mass is 10.2. The van der Waals surface area contributed by atoms with Crippen molar-refractivity contribution >= 4 is 27.5 Å². The molecule has 5 heteroatoms. The van der Waals surface area contributed by atoms with Gasteiger partial charge in [0.2, 0.25) is 0 Å². The van der Waals surface area contributed by atoms with Gasteiger partial charge in [-0.15, -0.1) is 11.3 Å². The van der Waals surface area contributed by atoms with Crippen LogP contribution >= 0.6 is 11.3 Å². The third kappa shape index (κ3) is 5.29. The number of rotatable bonds is 8. The van der Waals surface area contributed by atoms with Gasteiger partial charge in [0, 0.05) is 6.42 Å². The minimum atomic E-state index is -0.185. The van der Waals surface area contributed by atoms with Crippen molar-refractivity contribution in [3.05, 3.63) is 59.1 Å². The number of fused-ring (bicyclic) bond motifs is 1. The largest absolute Gasteiger partial charge is 0.494 e. The third-order valence-electron chi connectivity index (χ3n) is 3.73. The van der Waals surface area contributed by atoms with Crippen molar-refractivity contribution in [3.8, 4) is 5.75 Å². The van der Waals surface area contributed by atoms with Crippen LogP contribution in [0.2, 0.25) is 0 Å². The van der Waals surface area contributed by atoms with E-state index < -0.39 is 0 Å². The molecular weight excluding hydrogens is 334 g/mol. The number of benzene rings is 2. The monoisotopic (exact) mass is 355 g/mol. The fourth-order valence-electron chi connectivity index (χ4n) is 2.46. The van der Waals surface area contributed by atoms with Crippen LogP contribution in [0.5, 0.6) is 5.75 Å². The fraction of sp³-hybridized carbons (Fsp3) is 0.300. The maximum absolute atomic E-state index is 11.8. The van der Waals surface area contributed by atoms with Crippen molar-refractivity contribution in [2.75, 3.05) is 6.61 Å². The molecule has 0 atom stereocenters. The van der Waals surface area contributed by atoms with Gasteiger partial charge in [0.1, 0.15) is 17.4 Å². The van der Waals surface area contributed by atoms with E-state index in [1.807, 2.05) is 55.5 Å². The molecule has 25 heavy (non-hydrogen) atoms. The van der Waals surface area contributed by atoms with Gasteiger partial charge in [-0.2, -0.15) is 0 Å². The second-order valence-corrected chi connectivity index (χ2v) is 6.97. The number of nitrogens with zero attached hydrogens (tertiary/aromatic N) is 1. The molecule has 0 aliphatic heterocycles. The molecule has 130 valence electrons. The van der Waals surface area contributed by atoms with E-state index in [0.717, 1.165) is 33.8 Å². The number of unbranched alkanes of at least 4 members (excludes halogenated alkanes) is 1. The molecule has 0 aliphatic rings. The highest BCUT2D eigenvalue weighted by molar-refractivity contribution is 7.18. The Kier molecular flexibility index (Phi) is 6.01. The topological polar surface area (TPSA) is 48.4 Å². The zero-order chi connectivity index (χ0) is 17.5. The number of aryl methyl sites for hydroxylation is 1. The molecule has 0 N–H and O–H groups in total. The fourth-order valence-corrected chi connectivity index (χ4v) is 3.34. The smallest absolute Gasteiger partial charge is 0.306 e. The van der Waals surface area contributed by atoms with Gasteiger partial charge >= 0.3 is 5.97 Å². The number of thiazole rings is 1.